The lowest BCUT2D eigenvalue weighted by Crippen LogP contribution is -2.45. The zero-order chi connectivity index (χ0) is 14.4. The standard InChI is InChI=1S/C16H24N2OS/c1-20-14-9-7-13(8-10-14)16(19)18-15(11-17)12-5-3-2-4-6-12/h7-10,12,15H,2-6,11,17H2,1H3,(H,18,19). The van der Waals surface area contributed by atoms with Gasteiger partial charge in [-0.2, -0.15) is 0 Å². The molecule has 1 aromatic carbocycles. The summed E-state index contributed by atoms with van der Waals surface area (Å²) < 4.78 is 0. The maximum atomic E-state index is 12.3. The lowest BCUT2D eigenvalue weighted by Gasteiger charge is -2.30. The molecule has 3 N–H and O–H groups in total. The van der Waals surface area contributed by atoms with Gasteiger partial charge >= 0.3 is 0 Å². The van der Waals surface area contributed by atoms with Gasteiger partial charge < -0.3 is 11.1 Å². The lowest BCUT2D eigenvalue weighted by molar-refractivity contribution is 0.0915. The van der Waals surface area contributed by atoms with Crippen molar-refractivity contribution in [2.75, 3.05) is 12.8 Å². The Hall–Kier alpha value is -1.00. The molecule has 4 heteroatoms. The van der Waals surface area contributed by atoms with Gasteiger partial charge in [-0.1, -0.05) is 19.3 Å². The van der Waals surface area contributed by atoms with Gasteiger partial charge in [0.15, 0.2) is 0 Å². The zero-order valence-corrected chi connectivity index (χ0v) is 12.9. The van der Waals surface area contributed by atoms with Crippen LogP contribution in [0.5, 0.6) is 0 Å². The number of amides is 1. The Labute approximate surface area is 125 Å². The predicted octanol–water partition coefficient (Wildman–Crippen LogP) is 3.05. The summed E-state index contributed by atoms with van der Waals surface area (Å²) in [6, 6.07) is 7.85. The molecule has 0 heterocycles. The first-order valence-electron chi connectivity index (χ1n) is 7.39. The van der Waals surface area contributed by atoms with Gasteiger partial charge in [-0.15, -0.1) is 11.8 Å². The Morgan fingerprint density at radius 1 is 1.30 bits per heavy atom. The molecule has 0 radical (unpaired) electrons. The SMILES string of the molecule is CSc1ccc(C(=O)NC(CN)C2CCCCC2)cc1. The summed E-state index contributed by atoms with van der Waals surface area (Å²) in [5.74, 6) is 0.543. The van der Waals surface area contributed by atoms with Crippen LogP contribution in [0.2, 0.25) is 0 Å². The summed E-state index contributed by atoms with van der Waals surface area (Å²) in [4.78, 5) is 13.5. The second kappa shape index (κ2) is 7.70. The summed E-state index contributed by atoms with van der Waals surface area (Å²) in [6.45, 7) is 0.527. The summed E-state index contributed by atoms with van der Waals surface area (Å²) in [6.07, 6.45) is 8.25. The molecule has 1 aliphatic carbocycles. The average Bonchev–Trinajstić information content (AvgIpc) is 2.53. The van der Waals surface area contributed by atoms with Gasteiger partial charge in [0.2, 0.25) is 0 Å². The second-order valence-electron chi connectivity index (χ2n) is 5.44. The minimum atomic E-state index is -0.00123. The number of nitrogens with two attached hydrogens (primary N) is 1. The Morgan fingerprint density at radius 3 is 2.50 bits per heavy atom. The van der Waals surface area contributed by atoms with Crippen LogP contribution in [0.3, 0.4) is 0 Å². The van der Waals surface area contributed by atoms with Crippen molar-refractivity contribution in [2.45, 2.75) is 43.0 Å². The fourth-order valence-corrected chi connectivity index (χ4v) is 3.31. The fourth-order valence-electron chi connectivity index (χ4n) is 2.90. The van der Waals surface area contributed by atoms with Crippen molar-refractivity contribution in [3.63, 3.8) is 0 Å². The average molecular weight is 292 g/mol. The van der Waals surface area contributed by atoms with Crippen LogP contribution >= 0.6 is 11.8 Å². The number of nitrogens with one attached hydrogen (secondary N) is 1. The normalized spacial score (nSPS) is 17.7. The summed E-state index contributed by atoms with van der Waals surface area (Å²) in [7, 11) is 0. The Kier molecular flexibility index (Phi) is 5.92. The molecule has 0 aliphatic heterocycles. The number of benzene rings is 1. The molecule has 1 aromatic rings. The Bertz CT molecular complexity index is 427. The number of thioether (sulfide) groups is 1. The first-order valence-corrected chi connectivity index (χ1v) is 8.62. The van der Waals surface area contributed by atoms with E-state index >= 15 is 0 Å². The van der Waals surface area contributed by atoms with Crippen molar-refractivity contribution in [3.05, 3.63) is 29.8 Å². The molecule has 1 fully saturated rings. The largest absolute Gasteiger partial charge is 0.348 e. The Morgan fingerprint density at radius 2 is 1.95 bits per heavy atom. The van der Waals surface area contributed by atoms with Crippen LogP contribution in [0.15, 0.2) is 29.2 Å². The van der Waals surface area contributed by atoms with Gasteiger partial charge in [0.25, 0.3) is 5.91 Å². The first-order chi connectivity index (χ1) is 9.74. The van der Waals surface area contributed by atoms with E-state index in [4.69, 9.17) is 5.73 Å². The van der Waals surface area contributed by atoms with E-state index in [0.717, 1.165) is 5.56 Å². The van der Waals surface area contributed by atoms with Crippen LogP contribution in [0, 0.1) is 5.92 Å². The fraction of sp³-hybridized carbons (Fsp3) is 0.562. The van der Waals surface area contributed by atoms with Crippen LogP contribution < -0.4 is 11.1 Å². The summed E-state index contributed by atoms with van der Waals surface area (Å²) >= 11 is 1.68. The number of carbonyl (C=O) groups is 1. The zero-order valence-electron chi connectivity index (χ0n) is 12.1. The van der Waals surface area contributed by atoms with Gasteiger partial charge in [-0.05, 0) is 49.3 Å². The molecule has 1 amide bonds. The number of hydrogen-bond acceptors (Lipinski definition) is 3. The van der Waals surface area contributed by atoms with E-state index in [0.29, 0.717) is 12.5 Å². The van der Waals surface area contributed by atoms with Crippen molar-refractivity contribution >= 4 is 17.7 Å². The van der Waals surface area contributed by atoms with E-state index in [2.05, 4.69) is 5.32 Å². The lowest BCUT2D eigenvalue weighted by atomic mass is 9.84. The van der Waals surface area contributed by atoms with Gasteiger partial charge in [0.1, 0.15) is 0 Å². The molecule has 20 heavy (non-hydrogen) atoms. The molecule has 0 bridgehead atoms. The predicted molar refractivity (Wildman–Crippen MR) is 85.1 cm³/mol. The Balaban J connectivity index is 1.96. The highest BCUT2D eigenvalue weighted by Gasteiger charge is 2.24. The van der Waals surface area contributed by atoms with Crippen molar-refractivity contribution < 1.29 is 4.79 Å². The third-order valence-electron chi connectivity index (χ3n) is 4.14. The van der Waals surface area contributed by atoms with E-state index in [9.17, 15) is 4.79 Å². The van der Waals surface area contributed by atoms with Crippen LogP contribution in [0.4, 0.5) is 0 Å². The number of carbonyl (C=O) groups excluding carboxylic acids is 1. The quantitative estimate of drug-likeness (QED) is 0.820. The molecule has 3 nitrogen and oxygen atoms in total. The van der Waals surface area contributed by atoms with Crippen LogP contribution in [0.25, 0.3) is 0 Å². The van der Waals surface area contributed by atoms with Gasteiger partial charge in [0.05, 0.1) is 0 Å². The maximum Gasteiger partial charge on any atom is 0.251 e. The molecule has 2 rings (SSSR count). The van der Waals surface area contributed by atoms with Crippen LogP contribution in [-0.2, 0) is 0 Å². The van der Waals surface area contributed by atoms with E-state index < -0.39 is 0 Å². The molecule has 0 aromatic heterocycles. The van der Waals surface area contributed by atoms with Crippen molar-refractivity contribution in [2.24, 2.45) is 11.7 Å². The van der Waals surface area contributed by atoms with E-state index in [-0.39, 0.29) is 11.9 Å². The molecule has 1 saturated carbocycles. The van der Waals surface area contributed by atoms with E-state index in [1.807, 2.05) is 30.5 Å². The van der Waals surface area contributed by atoms with Gasteiger partial charge in [-0.3, -0.25) is 4.79 Å². The highest BCUT2D eigenvalue weighted by atomic mass is 32.2. The summed E-state index contributed by atoms with van der Waals surface area (Å²) in [5.41, 5.74) is 6.58. The van der Waals surface area contributed by atoms with Gasteiger partial charge in [-0.25, -0.2) is 0 Å². The highest BCUT2D eigenvalue weighted by molar-refractivity contribution is 7.98. The molecule has 1 unspecified atom stereocenters. The molecule has 0 saturated heterocycles. The maximum absolute atomic E-state index is 12.3. The third kappa shape index (κ3) is 4.00. The van der Waals surface area contributed by atoms with E-state index in [1.165, 1.54) is 37.0 Å². The molecular weight excluding hydrogens is 268 g/mol. The molecule has 1 aliphatic rings. The molecule has 110 valence electrons. The first kappa shape index (κ1) is 15.4. The van der Waals surface area contributed by atoms with Crippen molar-refractivity contribution in [1.82, 2.24) is 5.32 Å². The molecular formula is C16H24N2OS. The third-order valence-corrected chi connectivity index (χ3v) is 4.89. The van der Waals surface area contributed by atoms with Gasteiger partial charge in [0, 0.05) is 23.0 Å². The van der Waals surface area contributed by atoms with Crippen LogP contribution in [0.1, 0.15) is 42.5 Å². The summed E-state index contributed by atoms with van der Waals surface area (Å²) in [5, 5.41) is 3.12. The highest BCUT2D eigenvalue weighted by Crippen LogP contribution is 2.26. The minimum Gasteiger partial charge on any atom is -0.348 e. The minimum absolute atomic E-state index is 0.00123. The molecule has 1 atom stereocenters. The van der Waals surface area contributed by atoms with Crippen molar-refractivity contribution in [1.29, 1.82) is 0 Å². The monoisotopic (exact) mass is 292 g/mol. The van der Waals surface area contributed by atoms with Crippen molar-refractivity contribution in [3.8, 4) is 0 Å². The number of rotatable bonds is 5. The number of hydrogen-bond donors (Lipinski definition) is 2. The van der Waals surface area contributed by atoms with E-state index in [1.54, 1.807) is 11.8 Å². The smallest absolute Gasteiger partial charge is 0.251 e. The topological polar surface area (TPSA) is 55.1 Å². The second-order valence-corrected chi connectivity index (χ2v) is 6.32. The molecule has 0 spiro atoms. The van der Waals surface area contributed by atoms with Crippen LogP contribution in [-0.4, -0.2) is 24.7 Å².